The Kier molecular flexibility index (Phi) is 5.53. The first-order valence-corrected chi connectivity index (χ1v) is 11.6. The molecule has 0 radical (unpaired) electrons. The summed E-state index contributed by atoms with van der Waals surface area (Å²) in [5, 5.41) is 11.3. The summed E-state index contributed by atoms with van der Waals surface area (Å²) in [7, 11) is -0.384. The van der Waals surface area contributed by atoms with Crippen LogP contribution in [0.4, 0.5) is 5.82 Å². The predicted octanol–water partition coefficient (Wildman–Crippen LogP) is 2.87. The molecular weight excluding hydrogens is 412 g/mol. The number of aromatic nitrogens is 4. The fourth-order valence-electron chi connectivity index (χ4n) is 3.01. The maximum Gasteiger partial charge on any atom is 0.270 e. The number of rotatable bonds is 6. The summed E-state index contributed by atoms with van der Waals surface area (Å²) in [4.78, 5) is 9.47. The predicted molar refractivity (Wildman–Crippen MR) is 123 cm³/mol. The Morgan fingerprint density at radius 2 is 1.68 bits per heavy atom. The third-order valence-electron chi connectivity index (χ3n) is 4.66. The lowest BCUT2D eigenvalue weighted by Gasteiger charge is -2.06. The van der Waals surface area contributed by atoms with Gasteiger partial charge < -0.3 is 15.5 Å². The molecule has 9 heteroatoms. The monoisotopic (exact) mass is 434 g/mol. The Morgan fingerprint density at radius 1 is 1.03 bits per heavy atom. The van der Waals surface area contributed by atoms with Crippen molar-refractivity contribution in [2.45, 2.75) is 11.4 Å². The van der Waals surface area contributed by atoms with E-state index in [1.165, 1.54) is 0 Å². The van der Waals surface area contributed by atoms with Gasteiger partial charge in [0, 0.05) is 28.8 Å². The van der Waals surface area contributed by atoms with Crippen LogP contribution >= 0.6 is 0 Å². The smallest absolute Gasteiger partial charge is 0.270 e. The fraction of sp³-hybridized carbons (Fsp3) is 0.136. The van der Waals surface area contributed by atoms with E-state index in [4.69, 9.17) is 10.2 Å². The standard InChI is InChI=1S/C22H22N6O2S/c1-24-12-14-4-6-16(7-5-14)21-27-28-22(30-21)19-20(23)25-13-18(26-19)15-8-10-17(11-9-15)31(2,3)29/h4-11,13,24H,2,12H2,1,3H3,(H2,23,25). The molecule has 3 N–H and O–H groups in total. The Balaban J connectivity index is 1.65. The first kappa shape index (κ1) is 20.7. The molecule has 0 saturated carbocycles. The largest absolute Gasteiger partial charge is 0.414 e. The van der Waals surface area contributed by atoms with Crippen LogP contribution in [0, 0.1) is 0 Å². The Hall–Kier alpha value is -3.56. The van der Waals surface area contributed by atoms with Gasteiger partial charge in [0.05, 0.1) is 11.9 Å². The molecule has 1 atom stereocenters. The minimum atomic E-state index is -2.28. The van der Waals surface area contributed by atoms with Gasteiger partial charge in [-0.2, -0.15) is 0 Å². The molecule has 0 amide bonds. The van der Waals surface area contributed by atoms with E-state index in [1.807, 2.05) is 43.4 Å². The van der Waals surface area contributed by atoms with Crippen LogP contribution in [0.2, 0.25) is 0 Å². The molecule has 0 aliphatic heterocycles. The minimum Gasteiger partial charge on any atom is -0.414 e. The molecule has 0 saturated heterocycles. The highest BCUT2D eigenvalue weighted by molar-refractivity contribution is 7.99. The highest BCUT2D eigenvalue weighted by Gasteiger charge is 2.17. The molecule has 0 aliphatic carbocycles. The summed E-state index contributed by atoms with van der Waals surface area (Å²) >= 11 is 0. The summed E-state index contributed by atoms with van der Waals surface area (Å²) in [6.45, 7) is 0.777. The number of nitrogens with two attached hydrogens (primary N) is 1. The van der Waals surface area contributed by atoms with Gasteiger partial charge in [-0.3, -0.25) is 4.21 Å². The van der Waals surface area contributed by atoms with E-state index in [2.05, 4.69) is 31.4 Å². The lowest BCUT2D eigenvalue weighted by atomic mass is 10.1. The van der Waals surface area contributed by atoms with Crippen LogP contribution in [-0.2, 0) is 16.1 Å². The van der Waals surface area contributed by atoms with E-state index in [0.29, 0.717) is 22.2 Å². The Morgan fingerprint density at radius 3 is 2.32 bits per heavy atom. The second kappa shape index (κ2) is 8.29. The van der Waals surface area contributed by atoms with E-state index in [1.54, 1.807) is 24.6 Å². The molecule has 31 heavy (non-hydrogen) atoms. The zero-order valence-corrected chi connectivity index (χ0v) is 18.0. The SMILES string of the molecule is C=S(C)(=O)c1ccc(-c2cnc(N)c(-c3nnc(-c4ccc(CNC)cc4)o3)n2)cc1. The molecule has 0 fully saturated rings. The van der Waals surface area contributed by atoms with Crippen molar-refractivity contribution in [1.29, 1.82) is 0 Å². The summed E-state index contributed by atoms with van der Waals surface area (Å²) < 4.78 is 17.9. The molecule has 8 nitrogen and oxygen atoms in total. The average molecular weight is 435 g/mol. The van der Waals surface area contributed by atoms with E-state index in [9.17, 15) is 4.21 Å². The molecule has 1 unspecified atom stereocenters. The Bertz CT molecular complexity index is 1310. The van der Waals surface area contributed by atoms with Crippen LogP contribution in [-0.4, -0.2) is 43.5 Å². The number of hydrogen-bond acceptors (Lipinski definition) is 8. The molecule has 2 aromatic heterocycles. The summed E-state index contributed by atoms with van der Waals surface area (Å²) in [6, 6.07) is 15.0. The second-order valence-electron chi connectivity index (χ2n) is 7.16. The zero-order valence-electron chi connectivity index (χ0n) is 17.2. The van der Waals surface area contributed by atoms with Crippen LogP contribution in [0.25, 0.3) is 34.3 Å². The number of nitrogens with zero attached hydrogens (tertiary/aromatic N) is 4. The molecule has 0 aliphatic rings. The zero-order chi connectivity index (χ0) is 22.0. The van der Waals surface area contributed by atoms with Crippen LogP contribution in [0.3, 0.4) is 0 Å². The maximum absolute atomic E-state index is 12.1. The van der Waals surface area contributed by atoms with Crippen molar-refractivity contribution in [1.82, 2.24) is 25.5 Å². The van der Waals surface area contributed by atoms with Crippen LogP contribution < -0.4 is 11.1 Å². The lowest BCUT2D eigenvalue weighted by molar-refractivity contribution is 0.582. The molecular formula is C22H22N6O2S. The molecule has 158 valence electrons. The molecule has 2 aromatic carbocycles. The normalized spacial score (nSPS) is 13.1. The van der Waals surface area contributed by atoms with Gasteiger partial charge in [0.25, 0.3) is 5.89 Å². The first-order valence-electron chi connectivity index (χ1n) is 9.48. The van der Waals surface area contributed by atoms with E-state index >= 15 is 0 Å². The van der Waals surface area contributed by atoms with Crippen LogP contribution in [0.1, 0.15) is 5.56 Å². The quantitative estimate of drug-likeness (QED) is 0.445. The number of hydrogen-bond donors (Lipinski definition) is 2. The van der Waals surface area contributed by atoms with Gasteiger partial charge in [0.1, 0.15) is 0 Å². The van der Waals surface area contributed by atoms with Crippen molar-refractivity contribution in [2.24, 2.45) is 0 Å². The minimum absolute atomic E-state index is 0.187. The van der Waals surface area contributed by atoms with Gasteiger partial charge in [0.15, 0.2) is 11.5 Å². The Labute approximate surface area is 180 Å². The van der Waals surface area contributed by atoms with Gasteiger partial charge in [-0.1, -0.05) is 24.3 Å². The van der Waals surface area contributed by atoms with Crippen molar-refractivity contribution in [3.8, 4) is 34.3 Å². The van der Waals surface area contributed by atoms with Crippen LogP contribution in [0.5, 0.6) is 0 Å². The third kappa shape index (κ3) is 4.47. The number of nitrogens with one attached hydrogen (secondary N) is 1. The fourth-order valence-corrected chi connectivity index (χ4v) is 3.73. The maximum atomic E-state index is 12.1. The van der Waals surface area contributed by atoms with Crippen molar-refractivity contribution >= 4 is 21.2 Å². The molecule has 2 heterocycles. The summed E-state index contributed by atoms with van der Waals surface area (Å²) in [5.41, 5.74) is 9.66. The molecule has 4 rings (SSSR count). The van der Waals surface area contributed by atoms with Gasteiger partial charge in [-0.05, 0) is 52.3 Å². The average Bonchev–Trinajstić information content (AvgIpc) is 3.24. The van der Waals surface area contributed by atoms with Crippen molar-refractivity contribution < 1.29 is 8.63 Å². The number of anilines is 1. The van der Waals surface area contributed by atoms with Gasteiger partial charge in [-0.15, -0.1) is 10.2 Å². The van der Waals surface area contributed by atoms with E-state index < -0.39 is 9.52 Å². The highest BCUT2D eigenvalue weighted by Crippen LogP contribution is 2.28. The van der Waals surface area contributed by atoms with Gasteiger partial charge in [-0.25, -0.2) is 9.97 Å². The summed E-state index contributed by atoms with van der Waals surface area (Å²) in [5.74, 6) is 4.45. The van der Waals surface area contributed by atoms with E-state index in [-0.39, 0.29) is 11.7 Å². The molecule has 4 aromatic rings. The number of nitrogen functional groups attached to an aromatic ring is 1. The third-order valence-corrected chi connectivity index (χ3v) is 5.93. The first-order chi connectivity index (χ1) is 14.8. The summed E-state index contributed by atoms with van der Waals surface area (Å²) in [6.07, 6.45) is 3.17. The van der Waals surface area contributed by atoms with Crippen molar-refractivity contribution in [2.75, 3.05) is 19.0 Å². The van der Waals surface area contributed by atoms with E-state index in [0.717, 1.165) is 23.2 Å². The van der Waals surface area contributed by atoms with Crippen molar-refractivity contribution in [3.63, 3.8) is 0 Å². The highest BCUT2D eigenvalue weighted by atomic mass is 32.2. The van der Waals surface area contributed by atoms with Crippen molar-refractivity contribution in [3.05, 3.63) is 60.3 Å². The molecule has 0 bridgehead atoms. The molecule has 0 spiro atoms. The second-order valence-corrected chi connectivity index (χ2v) is 9.64. The lowest BCUT2D eigenvalue weighted by Crippen LogP contribution is -2.04. The van der Waals surface area contributed by atoms with Crippen LogP contribution in [0.15, 0.2) is 64.0 Å². The van der Waals surface area contributed by atoms with Gasteiger partial charge in [0.2, 0.25) is 5.89 Å². The number of benzene rings is 2. The topological polar surface area (TPSA) is 120 Å². The van der Waals surface area contributed by atoms with Gasteiger partial charge >= 0.3 is 0 Å².